The number of rotatable bonds is 5. The van der Waals surface area contributed by atoms with E-state index in [-0.39, 0.29) is 5.56 Å². The maximum Gasteiger partial charge on any atom is 0.250 e. The Morgan fingerprint density at radius 2 is 1.85 bits per heavy atom. The minimum absolute atomic E-state index is 0.0692. The number of aryl methyl sites for hydroxylation is 1. The highest BCUT2D eigenvalue weighted by molar-refractivity contribution is 6.02. The number of hydrogen-bond donors (Lipinski definition) is 1. The average molecular weight is 461 g/mol. The fraction of sp³-hybridized carbons (Fsp3) is 0.167. The van der Waals surface area contributed by atoms with Crippen LogP contribution in [-0.4, -0.2) is 49.7 Å². The summed E-state index contributed by atoms with van der Waals surface area (Å²) >= 11 is 0. The number of anilines is 1. The van der Waals surface area contributed by atoms with Gasteiger partial charge in [-0.3, -0.25) is 14.2 Å². The summed E-state index contributed by atoms with van der Waals surface area (Å²) in [6.07, 6.45) is 8.42. The predicted octanol–water partition coefficient (Wildman–Crippen LogP) is 3.06. The van der Waals surface area contributed by atoms with Crippen molar-refractivity contribution in [1.29, 1.82) is 0 Å². The van der Waals surface area contributed by atoms with Crippen molar-refractivity contribution in [3.8, 4) is 11.3 Å². The Hall–Kier alpha value is -4.34. The molecule has 34 heavy (non-hydrogen) atoms. The molecule has 8 nitrogen and oxygen atoms in total. The number of nitrogens with zero attached hydrogens (tertiary/aromatic N) is 6. The van der Waals surface area contributed by atoms with E-state index in [2.05, 4.69) is 25.2 Å². The molecule has 0 atom stereocenters. The van der Waals surface area contributed by atoms with Gasteiger partial charge in [0.25, 0.3) is 0 Å². The average Bonchev–Trinajstić information content (AvgIpc) is 3.24. The summed E-state index contributed by atoms with van der Waals surface area (Å²) in [5, 5.41) is 3.28. The first-order valence-electron chi connectivity index (χ1n) is 10.6. The lowest BCUT2D eigenvalue weighted by atomic mass is 10.1. The maximum absolute atomic E-state index is 13.7. The lowest BCUT2D eigenvalue weighted by molar-refractivity contribution is 0.465. The number of nitrogens with one attached hydrogen (secondary N) is 1. The molecule has 4 aromatic rings. The third-order valence-corrected chi connectivity index (χ3v) is 5.69. The molecule has 172 valence electrons. The summed E-state index contributed by atoms with van der Waals surface area (Å²) in [5.41, 5.74) is 4.11. The minimum Gasteiger partial charge on any atom is -0.369 e. The van der Waals surface area contributed by atoms with Crippen LogP contribution < -0.4 is 10.9 Å². The fourth-order valence-corrected chi connectivity index (χ4v) is 3.86. The van der Waals surface area contributed by atoms with E-state index in [9.17, 15) is 13.6 Å². The molecule has 0 bridgehead atoms. The number of hydrogen-bond acceptors (Lipinski definition) is 6. The molecular weight excluding hydrogens is 440 g/mol. The summed E-state index contributed by atoms with van der Waals surface area (Å²) < 4.78 is 30.7. The van der Waals surface area contributed by atoms with Crippen molar-refractivity contribution >= 4 is 17.2 Å². The quantitative estimate of drug-likeness (QED) is 0.494. The van der Waals surface area contributed by atoms with Crippen LogP contribution in [0, 0.1) is 11.6 Å². The highest BCUT2D eigenvalue weighted by atomic mass is 19.1. The highest BCUT2D eigenvalue weighted by Crippen LogP contribution is 2.25. The fourth-order valence-electron chi connectivity index (χ4n) is 3.86. The second-order valence-electron chi connectivity index (χ2n) is 8.04. The van der Waals surface area contributed by atoms with Gasteiger partial charge in [0.1, 0.15) is 11.6 Å². The summed E-state index contributed by atoms with van der Waals surface area (Å²) in [6, 6.07) is 6.67. The zero-order chi connectivity index (χ0) is 23.8. The molecule has 0 radical (unpaired) electrons. The van der Waals surface area contributed by atoms with Gasteiger partial charge in [0.2, 0.25) is 5.56 Å². The van der Waals surface area contributed by atoms with Crippen molar-refractivity contribution in [2.45, 2.75) is 0 Å². The number of likely N-dealkylation sites (N-methyl/N-ethyl adjacent to an activating group) is 1. The van der Waals surface area contributed by atoms with Crippen LogP contribution in [0.25, 0.3) is 16.9 Å². The predicted molar refractivity (Wildman–Crippen MR) is 126 cm³/mol. The first-order chi connectivity index (χ1) is 16.4. The summed E-state index contributed by atoms with van der Waals surface area (Å²) in [5.74, 6) is -0.766. The summed E-state index contributed by atoms with van der Waals surface area (Å²) in [6.45, 7) is 1.03. The van der Waals surface area contributed by atoms with Crippen LogP contribution >= 0.6 is 0 Å². The van der Waals surface area contributed by atoms with Crippen molar-refractivity contribution in [3.05, 3.63) is 94.6 Å². The first kappa shape index (κ1) is 21.5. The van der Waals surface area contributed by atoms with Crippen LogP contribution in [0.4, 0.5) is 14.6 Å². The van der Waals surface area contributed by atoms with E-state index < -0.39 is 11.6 Å². The number of imidazole rings is 1. The Morgan fingerprint density at radius 3 is 2.59 bits per heavy atom. The van der Waals surface area contributed by atoms with E-state index in [0.717, 1.165) is 23.0 Å². The smallest absolute Gasteiger partial charge is 0.250 e. The topological polar surface area (TPSA) is 79.8 Å². The van der Waals surface area contributed by atoms with Crippen LogP contribution in [0.15, 0.2) is 76.8 Å². The van der Waals surface area contributed by atoms with E-state index in [1.54, 1.807) is 48.5 Å². The highest BCUT2D eigenvalue weighted by Gasteiger charge is 2.17. The molecule has 0 aliphatic carbocycles. The Balaban J connectivity index is 1.38. The molecule has 0 fully saturated rings. The molecule has 1 aromatic carbocycles. The monoisotopic (exact) mass is 461 g/mol. The van der Waals surface area contributed by atoms with E-state index in [0.29, 0.717) is 35.8 Å². The molecule has 0 saturated heterocycles. The Morgan fingerprint density at radius 1 is 1.06 bits per heavy atom. The summed E-state index contributed by atoms with van der Waals surface area (Å²) in [7, 11) is 3.67. The number of fused-ring (bicyclic) bond motifs is 1. The number of aromatic nitrogens is 4. The lowest BCUT2D eigenvalue weighted by Crippen LogP contribution is -2.32. The van der Waals surface area contributed by atoms with Crippen LogP contribution in [0.2, 0.25) is 0 Å². The zero-order valence-electron chi connectivity index (χ0n) is 18.5. The van der Waals surface area contributed by atoms with Crippen molar-refractivity contribution in [1.82, 2.24) is 23.8 Å². The van der Waals surface area contributed by atoms with Crippen LogP contribution in [-0.2, 0) is 7.05 Å². The Kier molecular flexibility index (Phi) is 5.40. The molecule has 0 saturated carbocycles. The van der Waals surface area contributed by atoms with Gasteiger partial charge in [-0.2, -0.15) is 0 Å². The van der Waals surface area contributed by atoms with Gasteiger partial charge in [0.05, 0.1) is 36.4 Å². The molecule has 1 aliphatic rings. The van der Waals surface area contributed by atoms with Crippen molar-refractivity contribution in [2.24, 2.45) is 12.0 Å². The number of pyridine rings is 1. The van der Waals surface area contributed by atoms with Gasteiger partial charge < -0.3 is 14.8 Å². The first-order valence-corrected chi connectivity index (χ1v) is 10.6. The third-order valence-electron chi connectivity index (χ3n) is 5.69. The van der Waals surface area contributed by atoms with Crippen LogP contribution in [0.1, 0.15) is 5.56 Å². The molecule has 0 spiro atoms. The molecule has 1 N–H and O–H groups in total. The Bertz CT molecular complexity index is 1500. The molecule has 0 unspecified atom stereocenters. The number of benzene rings is 1. The molecule has 1 aliphatic heterocycles. The van der Waals surface area contributed by atoms with Crippen LogP contribution in [0.3, 0.4) is 0 Å². The van der Waals surface area contributed by atoms with Gasteiger partial charge in [-0.1, -0.05) is 0 Å². The molecule has 0 amide bonds. The van der Waals surface area contributed by atoms with E-state index in [4.69, 9.17) is 0 Å². The Labute approximate surface area is 193 Å². The zero-order valence-corrected chi connectivity index (χ0v) is 18.5. The van der Waals surface area contributed by atoms with Crippen LogP contribution in [0.5, 0.6) is 0 Å². The van der Waals surface area contributed by atoms with Crippen molar-refractivity contribution in [3.63, 3.8) is 0 Å². The second-order valence-corrected chi connectivity index (χ2v) is 8.04. The van der Waals surface area contributed by atoms with Crippen molar-refractivity contribution < 1.29 is 8.78 Å². The molecule has 10 heteroatoms. The normalized spacial score (nSPS) is 13.7. The lowest BCUT2D eigenvalue weighted by Gasteiger charge is -2.26. The molecule has 5 rings (SSSR count). The van der Waals surface area contributed by atoms with E-state index >= 15 is 0 Å². The van der Waals surface area contributed by atoms with E-state index in [1.165, 1.54) is 22.8 Å². The molecule has 4 heterocycles. The van der Waals surface area contributed by atoms with E-state index in [1.807, 2.05) is 7.05 Å². The number of aliphatic imine (C=N–C) groups is 1. The van der Waals surface area contributed by atoms with Gasteiger partial charge >= 0.3 is 0 Å². The minimum atomic E-state index is -0.651. The number of halogens is 2. The second kappa shape index (κ2) is 8.54. The van der Waals surface area contributed by atoms with Gasteiger partial charge in [0.15, 0.2) is 11.5 Å². The van der Waals surface area contributed by atoms with Gasteiger partial charge in [-0.05, 0) is 18.2 Å². The summed E-state index contributed by atoms with van der Waals surface area (Å²) in [4.78, 5) is 27.1. The van der Waals surface area contributed by atoms with Gasteiger partial charge in [0, 0.05) is 62.1 Å². The standard InChI is InChI=1S/C24H21F2N7O/c1-31-14-20(15-3-4-22(34)32(2)13-15)28-10-19(31)11-29-23-24-30-12-21(33(24)6-5-27-23)16-7-17(25)9-18(26)8-16/h3-10,12-13H,11,14H2,1-2H3,(H,27,29). The van der Waals surface area contributed by atoms with Gasteiger partial charge in [-0.25, -0.2) is 18.7 Å². The van der Waals surface area contributed by atoms with Crippen molar-refractivity contribution in [2.75, 3.05) is 25.5 Å². The maximum atomic E-state index is 13.7. The third kappa shape index (κ3) is 4.05. The van der Waals surface area contributed by atoms with Gasteiger partial charge in [-0.15, -0.1) is 0 Å². The SMILES string of the molecule is CN1CC(c2ccc(=O)n(C)c2)=NC=C1CNc1nccn2c(-c3cc(F)cc(F)c3)cnc12. The molecular formula is C24H21F2N7O. The molecule has 3 aromatic heterocycles. The largest absolute Gasteiger partial charge is 0.369 e.